The molecule has 0 unspecified atom stereocenters. The van der Waals surface area contributed by atoms with Crippen molar-refractivity contribution in [2.24, 2.45) is 0 Å². The predicted molar refractivity (Wildman–Crippen MR) is 118 cm³/mol. The van der Waals surface area contributed by atoms with E-state index in [1.165, 1.54) is 17.7 Å². The highest BCUT2D eigenvalue weighted by atomic mass is 16.5. The van der Waals surface area contributed by atoms with Gasteiger partial charge in [-0.05, 0) is 30.7 Å². The fraction of sp³-hybridized carbons (Fsp3) is 0.130. The Bertz CT molecular complexity index is 1390. The Hall–Kier alpha value is -4.20. The van der Waals surface area contributed by atoms with Crippen molar-refractivity contribution in [1.29, 1.82) is 0 Å². The molecule has 2 aromatic carbocycles. The third-order valence-corrected chi connectivity index (χ3v) is 4.94. The molecule has 156 valence electrons. The first-order valence-corrected chi connectivity index (χ1v) is 9.60. The summed E-state index contributed by atoms with van der Waals surface area (Å²) in [5.74, 6) is 0.0772. The highest BCUT2D eigenvalue weighted by Gasteiger charge is 2.17. The van der Waals surface area contributed by atoms with Crippen LogP contribution in [-0.4, -0.2) is 27.6 Å². The van der Waals surface area contributed by atoms with Crippen LogP contribution in [0, 0.1) is 6.92 Å². The van der Waals surface area contributed by atoms with E-state index in [9.17, 15) is 14.4 Å². The molecule has 0 aliphatic carbocycles. The lowest BCUT2D eigenvalue weighted by Gasteiger charge is -2.13. The number of amides is 1. The molecule has 0 aliphatic heterocycles. The quantitative estimate of drug-likeness (QED) is 0.520. The van der Waals surface area contributed by atoms with Gasteiger partial charge in [0.05, 0.1) is 36.0 Å². The number of anilines is 1. The number of H-pyrrole nitrogens is 1. The molecular weight excluding hydrogens is 396 g/mol. The fourth-order valence-electron chi connectivity index (χ4n) is 3.37. The number of hydrogen-bond donors (Lipinski definition) is 2. The second-order valence-corrected chi connectivity index (χ2v) is 6.98. The maximum absolute atomic E-state index is 12.9. The zero-order valence-corrected chi connectivity index (χ0v) is 17.0. The lowest BCUT2D eigenvalue weighted by atomic mass is 10.1. The Morgan fingerprint density at radius 3 is 2.55 bits per heavy atom. The molecule has 2 aromatic heterocycles. The molecule has 0 atom stereocenters. The number of rotatable bonds is 5. The number of pyridine rings is 1. The van der Waals surface area contributed by atoms with E-state index in [4.69, 9.17) is 4.74 Å². The number of aromatic nitrogens is 3. The summed E-state index contributed by atoms with van der Waals surface area (Å²) in [5, 5.41) is 2.94. The Labute approximate surface area is 177 Å². The van der Waals surface area contributed by atoms with Gasteiger partial charge in [-0.2, -0.15) is 0 Å². The number of carbonyl (C=O) groups is 1. The fourth-order valence-corrected chi connectivity index (χ4v) is 3.37. The van der Waals surface area contributed by atoms with Crippen LogP contribution >= 0.6 is 0 Å². The van der Waals surface area contributed by atoms with Gasteiger partial charge in [-0.1, -0.05) is 42.5 Å². The second-order valence-electron chi connectivity index (χ2n) is 6.98. The minimum absolute atomic E-state index is 0.159. The third kappa shape index (κ3) is 3.95. The van der Waals surface area contributed by atoms with Crippen LogP contribution < -0.4 is 21.3 Å². The summed E-state index contributed by atoms with van der Waals surface area (Å²) >= 11 is 0. The molecule has 0 radical (unpaired) electrons. The molecule has 1 amide bonds. The number of ether oxygens (including phenoxy) is 1. The van der Waals surface area contributed by atoms with Gasteiger partial charge < -0.3 is 10.1 Å². The molecule has 2 N–H and O–H groups in total. The van der Waals surface area contributed by atoms with E-state index in [0.717, 1.165) is 5.56 Å². The van der Waals surface area contributed by atoms with Crippen LogP contribution in [-0.2, 0) is 6.54 Å². The van der Waals surface area contributed by atoms with Crippen LogP contribution in [0.4, 0.5) is 5.69 Å². The number of benzene rings is 2. The largest absolute Gasteiger partial charge is 0.495 e. The lowest BCUT2D eigenvalue weighted by Crippen LogP contribution is -2.32. The number of fused-ring (bicyclic) bond motifs is 1. The Kier molecular flexibility index (Phi) is 5.36. The van der Waals surface area contributed by atoms with E-state index in [2.05, 4.69) is 15.3 Å². The van der Waals surface area contributed by atoms with Gasteiger partial charge in [-0.25, -0.2) is 9.78 Å². The van der Waals surface area contributed by atoms with Crippen molar-refractivity contribution in [2.75, 3.05) is 12.4 Å². The van der Waals surface area contributed by atoms with Gasteiger partial charge in [-0.3, -0.25) is 19.1 Å². The van der Waals surface area contributed by atoms with Gasteiger partial charge in [-0.15, -0.1) is 0 Å². The first-order chi connectivity index (χ1) is 15.0. The molecule has 0 aliphatic rings. The number of hydrogen-bond acceptors (Lipinski definition) is 5. The first kappa shape index (κ1) is 20.1. The number of para-hydroxylation sites is 2. The molecule has 0 saturated carbocycles. The highest BCUT2D eigenvalue weighted by molar-refractivity contribution is 6.07. The Balaban J connectivity index is 1.79. The molecule has 4 rings (SSSR count). The van der Waals surface area contributed by atoms with Gasteiger partial charge in [0.15, 0.2) is 0 Å². The monoisotopic (exact) mass is 416 g/mol. The average Bonchev–Trinajstić information content (AvgIpc) is 2.77. The molecule has 0 saturated heterocycles. The predicted octanol–water partition coefficient (Wildman–Crippen LogP) is 2.70. The number of aryl methyl sites for hydroxylation is 1. The van der Waals surface area contributed by atoms with Crippen LogP contribution in [0.3, 0.4) is 0 Å². The zero-order chi connectivity index (χ0) is 22.0. The molecule has 0 spiro atoms. The summed E-state index contributed by atoms with van der Waals surface area (Å²) in [7, 11) is 1.51. The smallest absolute Gasteiger partial charge is 0.330 e. The van der Waals surface area contributed by atoms with Gasteiger partial charge in [0, 0.05) is 0 Å². The zero-order valence-electron chi connectivity index (χ0n) is 17.0. The standard InChI is InChI=1S/C23H20N4O4/c1-14-16(21(28)25-18-10-6-7-11-19(18)31-2)12-17-20(24-14)27(23(30)26-22(17)29)13-15-8-4-3-5-9-15/h3-12H,13H2,1-2H3,(H,25,28)(H,26,29,30). The van der Waals surface area contributed by atoms with Crippen LogP contribution in [0.5, 0.6) is 5.75 Å². The normalized spacial score (nSPS) is 10.8. The van der Waals surface area contributed by atoms with E-state index in [0.29, 0.717) is 17.1 Å². The summed E-state index contributed by atoms with van der Waals surface area (Å²) in [4.78, 5) is 44.6. The minimum atomic E-state index is -0.594. The lowest BCUT2D eigenvalue weighted by molar-refractivity contribution is 0.102. The molecule has 4 aromatic rings. The topological polar surface area (TPSA) is 106 Å². The molecule has 31 heavy (non-hydrogen) atoms. The number of carbonyl (C=O) groups excluding carboxylic acids is 1. The number of nitrogens with zero attached hydrogens (tertiary/aromatic N) is 2. The molecule has 0 fully saturated rings. The molecule has 2 heterocycles. The van der Waals surface area contributed by atoms with Gasteiger partial charge in [0.2, 0.25) is 0 Å². The number of methoxy groups -OCH3 is 1. The maximum atomic E-state index is 12.9. The molecule has 8 nitrogen and oxygen atoms in total. The van der Waals surface area contributed by atoms with Crippen molar-refractivity contribution in [2.45, 2.75) is 13.5 Å². The maximum Gasteiger partial charge on any atom is 0.330 e. The number of nitrogens with one attached hydrogen (secondary N) is 2. The SMILES string of the molecule is COc1ccccc1NC(=O)c1cc2c(=O)[nH]c(=O)n(Cc3ccccc3)c2nc1C. The van der Waals surface area contributed by atoms with Crippen LogP contribution in [0.15, 0.2) is 70.3 Å². The third-order valence-electron chi connectivity index (χ3n) is 4.94. The van der Waals surface area contributed by atoms with E-state index < -0.39 is 17.2 Å². The van der Waals surface area contributed by atoms with E-state index in [1.54, 1.807) is 31.2 Å². The van der Waals surface area contributed by atoms with Crippen molar-refractivity contribution in [1.82, 2.24) is 14.5 Å². The van der Waals surface area contributed by atoms with Crippen molar-refractivity contribution in [3.8, 4) is 5.75 Å². The van der Waals surface area contributed by atoms with Crippen LogP contribution in [0.25, 0.3) is 11.0 Å². The molecular formula is C23H20N4O4. The van der Waals surface area contributed by atoms with Gasteiger partial charge in [0.1, 0.15) is 11.4 Å². The molecule has 0 bridgehead atoms. The summed E-state index contributed by atoms with van der Waals surface area (Å²) in [6, 6.07) is 17.9. The van der Waals surface area contributed by atoms with E-state index in [1.807, 2.05) is 30.3 Å². The van der Waals surface area contributed by atoms with Crippen molar-refractivity contribution in [3.63, 3.8) is 0 Å². The Morgan fingerprint density at radius 1 is 1.10 bits per heavy atom. The molecule has 8 heteroatoms. The van der Waals surface area contributed by atoms with Crippen LogP contribution in [0.1, 0.15) is 21.6 Å². The van der Waals surface area contributed by atoms with E-state index >= 15 is 0 Å². The Morgan fingerprint density at radius 2 is 1.81 bits per heavy atom. The van der Waals surface area contributed by atoms with E-state index in [-0.39, 0.29) is 23.1 Å². The van der Waals surface area contributed by atoms with Crippen molar-refractivity contribution < 1.29 is 9.53 Å². The summed E-state index contributed by atoms with van der Waals surface area (Å²) < 4.78 is 6.65. The first-order valence-electron chi connectivity index (χ1n) is 9.60. The number of aromatic amines is 1. The second kappa shape index (κ2) is 8.27. The minimum Gasteiger partial charge on any atom is -0.495 e. The van der Waals surface area contributed by atoms with Gasteiger partial charge in [0.25, 0.3) is 11.5 Å². The average molecular weight is 416 g/mol. The van der Waals surface area contributed by atoms with Crippen molar-refractivity contribution in [3.05, 3.63) is 98.3 Å². The summed E-state index contributed by atoms with van der Waals surface area (Å²) in [5.41, 5.74) is 1.08. The summed E-state index contributed by atoms with van der Waals surface area (Å²) in [6.45, 7) is 1.90. The summed E-state index contributed by atoms with van der Waals surface area (Å²) in [6.07, 6.45) is 0. The highest BCUT2D eigenvalue weighted by Crippen LogP contribution is 2.24. The van der Waals surface area contributed by atoms with Gasteiger partial charge >= 0.3 is 5.69 Å². The van der Waals surface area contributed by atoms with Crippen LogP contribution in [0.2, 0.25) is 0 Å². The van der Waals surface area contributed by atoms with Crippen molar-refractivity contribution >= 4 is 22.6 Å².